The molecule has 2 aromatic carbocycles. The minimum atomic E-state index is -1.41. The van der Waals surface area contributed by atoms with Crippen molar-refractivity contribution in [3.05, 3.63) is 71.3 Å². The van der Waals surface area contributed by atoms with E-state index in [1.807, 2.05) is 56.3 Å². The third-order valence-electron chi connectivity index (χ3n) is 6.70. The van der Waals surface area contributed by atoms with Crippen molar-refractivity contribution >= 4 is 29.8 Å². The molecular weight excluding hydrogens is 588 g/mol. The standard InChI is InChI=1S/C35H50N4O7/c1-9-20-39(31(42)26(22-28(36)40)38-33(44)46-35(6,7)8)29(25-18-16-23(10-2)17-19-25)30(41)37-27(32(43)45-34(3,4)5)21-24-14-12-11-13-15-24/h11-19,26-27,29H,9-10,20-22H2,1-8H3,(H2,36,40)(H,37,41)(H,38,44). The van der Waals surface area contributed by atoms with E-state index in [9.17, 15) is 24.0 Å². The first-order valence-corrected chi connectivity index (χ1v) is 15.7. The van der Waals surface area contributed by atoms with Gasteiger partial charge in [0.15, 0.2) is 0 Å². The Labute approximate surface area is 272 Å². The molecule has 0 saturated heterocycles. The number of hydrogen-bond acceptors (Lipinski definition) is 7. The highest BCUT2D eigenvalue weighted by molar-refractivity contribution is 5.95. The Morgan fingerprint density at radius 2 is 1.37 bits per heavy atom. The van der Waals surface area contributed by atoms with E-state index < -0.39 is 65.5 Å². The third kappa shape index (κ3) is 12.5. The Kier molecular flexibility index (Phi) is 13.8. The monoisotopic (exact) mass is 638 g/mol. The number of carbonyl (C=O) groups is 5. The van der Waals surface area contributed by atoms with E-state index in [1.54, 1.807) is 53.7 Å². The third-order valence-corrected chi connectivity index (χ3v) is 6.70. The molecule has 0 aliphatic rings. The molecule has 4 N–H and O–H groups in total. The molecule has 3 atom stereocenters. The van der Waals surface area contributed by atoms with Crippen molar-refractivity contribution < 1.29 is 33.4 Å². The van der Waals surface area contributed by atoms with Gasteiger partial charge in [-0.15, -0.1) is 0 Å². The number of carbonyl (C=O) groups excluding carboxylic acids is 5. The number of alkyl carbamates (subject to hydrolysis) is 1. The molecule has 0 heterocycles. The normalized spacial score (nSPS) is 13.5. The number of nitrogens with one attached hydrogen (secondary N) is 2. The minimum absolute atomic E-state index is 0.0908. The zero-order valence-electron chi connectivity index (χ0n) is 28.3. The largest absolute Gasteiger partial charge is 0.458 e. The second-order valence-corrected chi connectivity index (χ2v) is 13.2. The highest BCUT2D eigenvalue weighted by Crippen LogP contribution is 2.25. The molecule has 0 radical (unpaired) electrons. The van der Waals surface area contributed by atoms with Crippen LogP contribution in [0.4, 0.5) is 4.79 Å². The van der Waals surface area contributed by atoms with Crippen LogP contribution in [0.3, 0.4) is 0 Å². The smallest absolute Gasteiger partial charge is 0.408 e. The zero-order chi connectivity index (χ0) is 34.7. The van der Waals surface area contributed by atoms with Crippen LogP contribution in [0.2, 0.25) is 0 Å². The molecule has 4 amide bonds. The SMILES string of the molecule is CCCN(C(=O)C(CC(N)=O)NC(=O)OC(C)(C)C)C(C(=O)NC(Cc1ccccc1)C(=O)OC(C)(C)C)c1ccc(CC)cc1. The average molecular weight is 639 g/mol. The summed E-state index contributed by atoms with van der Waals surface area (Å²) < 4.78 is 11.0. The van der Waals surface area contributed by atoms with Gasteiger partial charge in [0.1, 0.15) is 29.3 Å². The number of primary amides is 1. The summed E-state index contributed by atoms with van der Waals surface area (Å²) in [5.74, 6) is -2.79. The van der Waals surface area contributed by atoms with Gasteiger partial charge in [0.05, 0.1) is 6.42 Å². The number of esters is 1. The van der Waals surface area contributed by atoms with Gasteiger partial charge in [0, 0.05) is 13.0 Å². The summed E-state index contributed by atoms with van der Waals surface area (Å²) in [5, 5.41) is 5.31. The van der Waals surface area contributed by atoms with Crippen LogP contribution in [0.5, 0.6) is 0 Å². The molecule has 0 aliphatic heterocycles. The van der Waals surface area contributed by atoms with E-state index in [-0.39, 0.29) is 13.0 Å². The van der Waals surface area contributed by atoms with Gasteiger partial charge >= 0.3 is 12.1 Å². The average Bonchev–Trinajstić information content (AvgIpc) is 2.94. The van der Waals surface area contributed by atoms with E-state index in [4.69, 9.17) is 15.2 Å². The van der Waals surface area contributed by atoms with E-state index in [0.717, 1.165) is 17.5 Å². The predicted molar refractivity (Wildman–Crippen MR) is 175 cm³/mol. The summed E-state index contributed by atoms with van der Waals surface area (Å²) >= 11 is 0. The van der Waals surface area contributed by atoms with E-state index in [2.05, 4.69) is 10.6 Å². The highest BCUT2D eigenvalue weighted by atomic mass is 16.6. The van der Waals surface area contributed by atoms with Crippen molar-refractivity contribution in [2.75, 3.05) is 6.54 Å². The van der Waals surface area contributed by atoms with E-state index in [0.29, 0.717) is 12.0 Å². The molecule has 2 aromatic rings. The van der Waals surface area contributed by atoms with Gasteiger partial charge in [0.25, 0.3) is 0 Å². The van der Waals surface area contributed by atoms with Gasteiger partial charge in [-0.3, -0.25) is 14.4 Å². The lowest BCUT2D eigenvalue weighted by Gasteiger charge is -2.35. The quantitative estimate of drug-likeness (QED) is 0.260. The maximum Gasteiger partial charge on any atom is 0.408 e. The highest BCUT2D eigenvalue weighted by Gasteiger charge is 2.38. The van der Waals surface area contributed by atoms with Gasteiger partial charge in [-0.25, -0.2) is 9.59 Å². The summed E-state index contributed by atoms with van der Waals surface area (Å²) in [5.41, 5.74) is 6.09. The van der Waals surface area contributed by atoms with Crippen LogP contribution >= 0.6 is 0 Å². The van der Waals surface area contributed by atoms with Crippen LogP contribution in [0, 0.1) is 0 Å². The van der Waals surface area contributed by atoms with Gasteiger partial charge in [-0.2, -0.15) is 0 Å². The number of rotatable bonds is 14. The molecule has 0 bridgehead atoms. The van der Waals surface area contributed by atoms with Gasteiger partial charge in [-0.1, -0.05) is 68.4 Å². The van der Waals surface area contributed by atoms with Crippen molar-refractivity contribution in [1.29, 1.82) is 0 Å². The van der Waals surface area contributed by atoms with Gasteiger partial charge in [0.2, 0.25) is 17.7 Å². The molecule has 252 valence electrons. The van der Waals surface area contributed by atoms with Crippen molar-refractivity contribution in [1.82, 2.24) is 15.5 Å². The molecule has 11 nitrogen and oxygen atoms in total. The van der Waals surface area contributed by atoms with Crippen LogP contribution < -0.4 is 16.4 Å². The van der Waals surface area contributed by atoms with Crippen molar-refractivity contribution in [3.8, 4) is 0 Å². The molecule has 0 saturated carbocycles. The first-order valence-electron chi connectivity index (χ1n) is 15.7. The second kappa shape index (κ2) is 16.8. The summed E-state index contributed by atoms with van der Waals surface area (Å²) in [6.45, 7) is 14.1. The molecule has 0 aromatic heterocycles. The fourth-order valence-corrected chi connectivity index (χ4v) is 4.73. The minimum Gasteiger partial charge on any atom is -0.458 e. The molecule has 3 unspecified atom stereocenters. The second-order valence-electron chi connectivity index (χ2n) is 13.2. The summed E-state index contributed by atoms with van der Waals surface area (Å²) in [4.78, 5) is 68.0. The van der Waals surface area contributed by atoms with Crippen LogP contribution in [0.25, 0.3) is 0 Å². The Balaban J connectivity index is 2.60. The summed E-state index contributed by atoms with van der Waals surface area (Å²) in [6, 6.07) is 12.7. The molecule has 46 heavy (non-hydrogen) atoms. The van der Waals surface area contributed by atoms with Crippen LogP contribution in [-0.2, 0) is 41.5 Å². The van der Waals surface area contributed by atoms with Crippen LogP contribution in [-0.4, -0.2) is 64.5 Å². The maximum atomic E-state index is 14.3. The fraction of sp³-hybridized carbons (Fsp3) is 0.514. The Morgan fingerprint density at radius 1 is 0.783 bits per heavy atom. The predicted octanol–water partition coefficient (Wildman–Crippen LogP) is 4.37. The lowest BCUT2D eigenvalue weighted by atomic mass is 9.98. The number of nitrogens with zero attached hydrogens (tertiary/aromatic N) is 1. The first-order chi connectivity index (χ1) is 21.4. The maximum absolute atomic E-state index is 14.3. The number of amides is 4. The van der Waals surface area contributed by atoms with E-state index >= 15 is 0 Å². The lowest BCUT2D eigenvalue weighted by molar-refractivity contribution is -0.159. The van der Waals surface area contributed by atoms with Gasteiger partial charge in [-0.05, 0) is 71.1 Å². The molecule has 11 heteroatoms. The van der Waals surface area contributed by atoms with Gasteiger partial charge < -0.3 is 30.7 Å². The van der Waals surface area contributed by atoms with Crippen molar-refractivity contribution in [2.24, 2.45) is 5.73 Å². The fourth-order valence-electron chi connectivity index (χ4n) is 4.73. The Hall–Kier alpha value is -4.41. The topological polar surface area (TPSA) is 157 Å². The molecule has 0 aliphatic carbocycles. The summed E-state index contributed by atoms with van der Waals surface area (Å²) in [7, 11) is 0. The van der Waals surface area contributed by atoms with Crippen molar-refractivity contribution in [2.45, 2.75) is 110 Å². The number of ether oxygens (including phenoxy) is 2. The van der Waals surface area contributed by atoms with Crippen LogP contribution in [0.15, 0.2) is 54.6 Å². The molecule has 0 fully saturated rings. The lowest BCUT2D eigenvalue weighted by Crippen LogP contribution is -2.55. The Bertz CT molecular complexity index is 1330. The number of benzene rings is 2. The number of hydrogen-bond donors (Lipinski definition) is 3. The molecule has 2 rings (SSSR count). The summed E-state index contributed by atoms with van der Waals surface area (Å²) in [6.07, 6.45) is -0.0830. The molecule has 0 spiro atoms. The first kappa shape index (κ1) is 37.8. The van der Waals surface area contributed by atoms with Crippen LogP contribution in [0.1, 0.15) is 91.0 Å². The number of nitrogens with two attached hydrogens (primary N) is 1. The zero-order valence-corrected chi connectivity index (χ0v) is 28.3. The molecular formula is C35H50N4O7. The van der Waals surface area contributed by atoms with E-state index in [1.165, 1.54) is 4.90 Å². The Morgan fingerprint density at radius 3 is 1.87 bits per heavy atom. The van der Waals surface area contributed by atoms with Crippen molar-refractivity contribution in [3.63, 3.8) is 0 Å². The number of aryl methyl sites for hydroxylation is 1.